The second-order valence-corrected chi connectivity index (χ2v) is 19.3. The van der Waals surface area contributed by atoms with Gasteiger partial charge in [0.1, 0.15) is 11.2 Å². The van der Waals surface area contributed by atoms with Crippen LogP contribution in [-0.4, -0.2) is 15.0 Å². The van der Waals surface area contributed by atoms with E-state index in [1.54, 1.807) is 0 Å². The summed E-state index contributed by atoms with van der Waals surface area (Å²) in [5.74, 6) is 1.80. The van der Waals surface area contributed by atoms with E-state index in [2.05, 4.69) is 212 Å². The van der Waals surface area contributed by atoms with Gasteiger partial charge in [-0.05, 0) is 126 Å². The van der Waals surface area contributed by atoms with Crippen LogP contribution in [0, 0.1) is 0 Å². The Bertz CT molecular complexity index is 4450. The van der Waals surface area contributed by atoms with Crippen LogP contribution in [0.4, 0.5) is 0 Å². The lowest BCUT2D eigenvalue weighted by molar-refractivity contribution is 0.669. The molecule has 3 aromatic heterocycles. The third-order valence-electron chi connectivity index (χ3n) is 14.3. The van der Waals surface area contributed by atoms with E-state index in [4.69, 9.17) is 19.4 Å². The van der Waals surface area contributed by atoms with E-state index in [1.807, 2.05) is 11.3 Å². The fourth-order valence-corrected chi connectivity index (χ4v) is 12.3. The topological polar surface area (TPSA) is 51.8 Å². The van der Waals surface area contributed by atoms with Gasteiger partial charge in [-0.25, -0.2) is 15.0 Å². The molecule has 5 heteroatoms. The molecule has 320 valence electrons. The molecule has 3 heterocycles. The maximum absolute atomic E-state index is 6.87. The second kappa shape index (κ2) is 14.9. The van der Waals surface area contributed by atoms with Crippen molar-refractivity contribution >= 4 is 85.8 Å². The summed E-state index contributed by atoms with van der Waals surface area (Å²) in [5, 5.41) is 11.8. The smallest absolute Gasteiger partial charge is 0.167 e. The highest BCUT2D eigenvalue weighted by Gasteiger charge is 2.25. The molecule has 4 nitrogen and oxygen atoms in total. The quantitative estimate of drug-likeness (QED) is 0.162. The van der Waals surface area contributed by atoms with Crippen molar-refractivity contribution < 1.29 is 4.42 Å². The van der Waals surface area contributed by atoms with Gasteiger partial charge in [-0.2, -0.15) is 0 Å². The van der Waals surface area contributed by atoms with E-state index in [9.17, 15) is 0 Å². The summed E-state index contributed by atoms with van der Waals surface area (Å²) in [6.45, 7) is 0. The number of rotatable bonds is 5. The molecule has 11 aromatic carbocycles. The second-order valence-electron chi connectivity index (χ2n) is 18.2. The zero-order valence-electron chi connectivity index (χ0n) is 37.1. The highest BCUT2D eigenvalue weighted by atomic mass is 32.1. The standard InChI is InChI=1S/C64H37N3OS/c1-2-13-37(14-3-1)38-27-30-47-48-31-28-42(36-54(48)46-19-7-6-18-45(46)53(47)34-38)62-65-63(51-23-10-16-41-33-39-15-4-5-17-43(39)59(41)51)67-64(66-62)52-24-11-22-49-55-35-40(29-32-56(55)68-61(49)52)44-21-12-26-58-60(44)50-20-8-9-25-57(50)69-58/h1-32,34-36H,33H2. The van der Waals surface area contributed by atoms with Crippen LogP contribution in [-0.2, 0) is 6.42 Å². The number of benzene rings is 11. The number of aromatic nitrogens is 3. The SMILES string of the molecule is c1ccc(-c2ccc3c4ccc(-c5nc(-c6cccc7c6-c6ccccc6C7)nc(-c6cccc7c6oc6ccc(-c8cccc9sc%10ccccc%10c89)cc67)n5)cc4c4ccccc4c3c2)cc1. The summed E-state index contributed by atoms with van der Waals surface area (Å²) >= 11 is 1.84. The first-order valence-electron chi connectivity index (χ1n) is 23.5. The zero-order valence-corrected chi connectivity index (χ0v) is 37.9. The lowest BCUT2D eigenvalue weighted by Gasteiger charge is -2.14. The highest BCUT2D eigenvalue weighted by molar-refractivity contribution is 7.25. The van der Waals surface area contributed by atoms with Crippen molar-refractivity contribution in [1.29, 1.82) is 0 Å². The van der Waals surface area contributed by atoms with Crippen molar-refractivity contribution in [3.8, 4) is 67.5 Å². The Morgan fingerprint density at radius 3 is 1.75 bits per heavy atom. The van der Waals surface area contributed by atoms with E-state index in [0.717, 1.165) is 56.0 Å². The van der Waals surface area contributed by atoms with Crippen LogP contribution in [0.1, 0.15) is 11.1 Å². The molecule has 0 bridgehead atoms. The molecule has 0 N–H and O–H groups in total. The Balaban J connectivity index is 0.937. The van der Waals surface area contributed by atoms with Gasteiger partial charge >= 0.3 is 0 Å². The normalized spacial score (nSPS) is 12.3. The first-order valence-corrected chi connectivity index (χ1v) is 24.3. The number of nitrogens with zero attached hydrogens (tertiary/aromatic N) is 3. The number of para-hydroxylation sites is 1. The number of thiophene rings is 1. The van der Waals surface area contributed by atoms with Gasteiger partial charge in [0.15, 0.2) is 17.5 Å². The van der Waals surface area contributed by atoms with Crippen molar-refractivity contribution in [3.05, 3.63) is 223 Å². The fraction of sp³-hybridized carbons (Fsp3) is 0.0156. The molecule has 0 fully saturated rings. The van der Waals surface area contributed by atoms with Gasteiger partial charge in [0.25, 0.3) is 0 Å². The molecule has 0 amide bonds. The number of hydrogen-bond acceptors (Lipinski definition) is 5. The van der Waals surface area contributed by atoms with Crippen molar-refractivity contribution in [2.45, 2.75) is 6.42 Å². The van der Waals surface area contributed by atoms with Crippen LogP contribution in [0.5, 0.6) is 0 Å². The van der Waals surface area contributed by atoms with Crippen LogP contribution >= 0.6 is 11.3 Å². The van der Waals surface area contributed by atoms with Gasteiger partial charge in [-0.3, -0.25) is 0 Å². The van der Waals surface area contributed by atoms with Crippen molar-refractivity contribution in [2.75, 3.05) is 0 Å². The molecule has 0 spiro atoms. The molecular formula is C64H37N3OS. The number of hydrogen-bond donors (Lipinski definition) is 0. The Morgan fingerprint density at radius 2 is 0.899 bits per heavy atom. The molecular weight excluding hydrogens is 859 g/mol. The molecule has 1 aliphatic carbocycles. The van der Waals surface area contributed by atoms with Crippen LogP contribution in [0.3, 0.4) is 0 Å². The highest BCUT2D eigenvalue weighted by Crippen LogP contribution is 2.46. The predicted molar refractivity (Wildman–Crippen MR) is 288 cm³/mol. The van der Waals surface area contributed by atoms with Crippen LogP contribution < -0.4 is 0 Å². The van der Waals surface area contributed by atoms with Crippen molar-refractivity contribution in [3.63, 3.8) is 0 Å². The van der Waals surface area contributed by atoms with Gasteiger partial charge < -0.3 is 4.42 Å². The summed E-state index contributed by atoms with van der Waals surface area (Å²) in [4.78, 5) is 16.2. The molecule has 0 radical (unpaired) electrons. The van der Waals surface area contributed by atoms with E-state index < -0.39 is 0 Å². The molecule has 0 aliphatic heterocycles. The van der Waals surface area contributed by atoms with Crippen LogP contribution in [0.15, 0.2) is 217 Å². The molecule has 0 saturated heterocycles. The Morgan fingerprint density at radius 1 is 0.333 bits per heavy atom. The van der Waals surface area contributed by atoms with Gasteiger partial charge in [-0.1, -0.05) is 170 Å². The van der Waals surface area contributed by atoms with E-state index >= 15 is 0 Å². The average Bonchev–Trinajstić information content (AvgIpc) is 4.12. The maximum atomic E-state index is 6.87. The predicted octanol–water partition coefficient (Wildman–Crippen LogP) is 17.5. The average molecular weight is 896 g/mol. The number of furan rings is 1. The maximum Gasteiger partial charge on any atom is 0.167 e. The summed E-state index contributed by atoms with van der Waals surface area (Å²) in [7, 11) is 0. The summed E-state index contributed by atoms with van der Waals surface area (Å²) < 4.78 is 9.45. The van der Waals surface area contributed by atoms with Crippen LogP contribution in [0.2, 0.25) is 0 Å². The molecule has 0 unspecified atom stereocenters. The van der Waals surface area contributed by atoms with Gasteiger partial charge in [-0.15, -0.1) is 11.3 Å². The Kier molecular flexibility index (Phi) is 8.26. The summed E-state index contributed by atoms with van der Waals surface area (Å²) in [6.07, 6.45) is 0.875. The molecule has 0 saturated carbocycles. The largest absolute Gasteiger partial charge is 0.455 e. The Hall–Kier alpha value is -8.77. The molecule has 69 heavy (non-hydrogen) atoms. The molecule has 0 atom stereocenters. The van der Waals surface area contributed by atoms with Crippen LogP contribution in [0.25, 0.3) is 142 Å². The molecule has 1 aliphatic rings. The Labute approximate surface area is 400 Å². The monoisotopic (exact) mass is 895 g/mol. The van der Waals surface area contributed by atoms with Gasteiger partial charge in [0.2, 0.25) is 0 Å². The minimum atomic E-state index is 0.565. The molecule has 14 aromatic rings. The van der Waals surface area contributed by atoms with Crippen molar-refractivity contribution in [1.82, 2.24) is 15.0 Å². The third kappa shape index (κ3) is 5.91. The lowest BCUT2D eigenvalue weighted by Crippen LogP contribution is -2.01. The van der Waals surface area contributed by atoms with E-state index in [-0.39, 0.29) is 0 Å². The third-order valence-corrected chi connectivity index (χ3v) is 15.5. The summed E-state index contributed by atoms with van der Waals surface area (Å²) in [6, 6.07) is 76.4. The minimum Gasteiger partial charge on any atom is -0.455 e. The zero-order chi connectivity index (χ0) is 45.2. The first kappa shape index (κ1) is 38.3. The van der Waals surface area contributed by atoms with Gasteiger partial charge in [0.05, 0.1) is 5.56 Å². The summed E-state index contributed by atoms with van der Waals surface area (Å²) in [5.41, 5.74) is 14.1. The van der Waals surface area contributed by atoms with E-state index in [1.165, 1.54) is 86.0 Å². The first-order chi connectivity index (χ1) is 34.2. The lowest BCUT2D eigenvalue weighted by atomic mass is 9.91. The minimum absolute atomic E-state index is 0.565. The van der Waals surface area contributed by atoms with Crippen molar-refractivity contribution in [2.24, 2.45) is 0 Å². The molecule has 15 rings (SSSR count). The van der Waals surface area contributed by atoms with E-state index in [0.29, 0.717) is 17.5 Å². The number of fused-ring (bicyclic) bond motifs is 15. The van der Waals surface area contributed by atoms with Gasteiger partial charge in [0, 0.05) is 42.1 Å². The fourth-order valence-electron chi connectivity index (χ4n) is 11.2.